The van der Waals surface area contributed by atoms with E-state index >= 15 is 0 Å². The third kappa shape index (κ3) is 18.4. The van der Waals surface area contributed by atoms with E-state index in [4.69, 9.17) is 18.9 Å². The molecule has 20 nitrogen and oxygen atoms in total. The van der Waals surface area contributed by atoms with Crippen molar-refractivity contribution in [3.63, 3.8) is 0 Å². The van der Waals surface area contributed by atoms with Crippen LogP contribution in [-0.2, 0) is 18.9 Å². The summed E-state index contributed by atoms with van der Waals surface area (Å²) in [5.41, 5.74) is -3.18. The molecule has 0 unspecified atom stereocenters. The zero-order chi connectivity index (χ0) is 58.2. The molecule has 1 N–H and O–H groups in total. The predicted molar refractivity (Wildman–Crippen MR) is 272 cm³/mol. The third-order valence-electron chi connectivity index (χ3n) is 11.7. The Labute approximate surface area is 461 Å². The number of aromatic nitrogens is 6. The summed E-state index contributed by atoms with van der Waals surface area (Å²) in [4.78, 5) is 75.9. The molecule has 0 spiro atoms. The Hall–Kier alpha value is -6.17. The summed E-state index contributed by atoms with van der Waals surface area (Å²) < 4.78 is 139. The Morgan fingerprint density at radius 2 is 1.10 bits per heavy atom. The van der Waals surface area contributed by atoms with Crippen molar-refractivity contribution in [1.82, 2.24) is 39.7 Å². The maximum Gasteiger partial charge on any atom is 0.416 e. The molecule has 0 bridgehead atoms. The first kappa shape index (κ1) is 62.0. The molecule has 0 radical (unpaired) electrons. The van der Waals surface area contributed by atoms with Gasteiger partial charge < -0.3 is 43.5 Å². The summed E-state index contributed by atoms with van der Waals surface area (Å²) in [6, 6.07) is 2.02. The molecule has 2 aliphatic heterocycles. The van der Waals surface area contributed by atoms with Gasteiger partial charge in [-0.15, -0.1) is 22.7 Å². The standard InChI is InChI=1S/C27H35F4N5O5S.C19H21F4N5O3S.C2H3ClO2/c1-25(2,3)40-23(37)35-12-16(13-35)39-19-11-18(33-21(34-19)22-32-17(14-42-22)20(28)29)36(24(38)41-26(4,5)6)15-7-9-27(30,31)10-8-15;1-30-18(29)28-7-11(8-28)31-14-6-13(24-10-2-4-19(22,23)5-3-10)26-16(27-14)17-25-12(9-32-17)15(20)21;1-5-2(3)4/h11,14-16,20H,7-10,12-13H2,1-6H3;6,9-11,15H,2-5,7-8H2,1H3,(H,24,26,27);1H3. The lowest BCUT2D eigenvalue weighted by atomic mass is 9.91. The molecule has 2 saturated heterocycles. The summed E-state index contributed by atoms with van der Waals surface area (Å²) in [7, 11) is 2.50. The minimum absolute atomic E-state index is 0.00316. The molecule has 4 aromatic heterocycles. The van der Waals surface area contributed by atoms with Crippen LogP contribution in [0.25, 0.3) is 21.7 Å². The van der Waals surface area contributed by atoms with Gasteiger partial charge in [0.25, 0.3) is 12.9 Å². The minimum atomic E-state index is -2.85. The fraction of sp³-hybridized carbons (Fsp3) is 0.625. The molecular formula is C48H59ClF8N10O10S2. The Morgan fingerprint density at radius 1 is 0.658 bits per heavy atom. The highest BCUT2D eigenvalue weighted by Crippen LogP contribution is 2.40. The number of nitrogens with zero attached hydrogens (tertiary/aromatic N) is 9. The molecule has 2 aliphatic carbocycles. The molecular weight excluding hydrogens is 1130 g/mol. The Bertz CT molecular complexity index is 2720. The van der Waals surface area contributed by atoms with E-state index in [-0.39, 0.29) is 109 Å². The van der Waals surface area contributed by atoms with E-state index in [0.717, 1.165) is 22.7 Å². The molecule has 79 heavy (non-hydrogen) atoms. The molecule has 4 fully saturated rings. The van der Waals surface area contributed by atoms with Crippen LogP contribution in [0.2, 0.25) is 0 Å². The van der Waals surface area contributed by atoms with E-state index in [0.29, 0.717) is 18.9 Å². The lowest BCUT2D eigenvalue weighted by molar-refractivity contribution is -0.0389. The number of nitrogens with one attached hydrogen (secondary N) is 1. The first-order valence-corrected chi connectivity index (χ1v) is 26.7. The number of rotatable bonds is 12. The number of methoxy groups -OCH3 is 2. The van der Waals surface area contributed by atoms with Crippen molar-refractivity contribution in [3.8, 4) is 33.4 Å². The zero-order valence-corrected chi connectivity index (χ0v) is 46.5. The number of amides is 3. The van der Waals surface area contributed by atoms with Gasteiger partial charge in [-0.1, -0.05) is 0 Å². The number of ether oxygens (including phenoxy) is 6. The van der Waals surface area contributed by atoms with Crippen LogP contribution in [0.3, 0.4) is 0 Å². The number of halogens is 9. The number of carbonyl (C=O) groups is 4. The number of thiazole rings is 2. The molecule has 436 valence electrons. The van der Waals surface area contributed by atoms with Crippen LogP contribution >= 0.6 is 34.3 Å². The summed E-state index contributed by atoms with van der Waals surface area (Å²) >= 11 is 6.46. The molecule has 31 heteroatoms. The molecule has 8 rings (SSSR count). The number of anilines is 2. The first-order valence-electron chi connectivity index (χ1n) is 24.6. The maximum absolute atomic E-state index is 14.0. The second-order valence-corrected chi connectivity index (χ2v) is 22.5. The van der Waals surface area contributed by atoms with Gasteiger partial charge in [0.15, 0.2) is 21.7 Å². The second kappa shape index (κ2) is 26.0. The van der Waals surface area contributed by atoms with Crippen LogP contribution in [0.15, 0.2) is 22.9 Å². The quantitative estimate of drug-likeness (QED) is 0.0791. The summed E-state index contributed by atoms with van der Waals surface area (Å²) in [6.07, 6.45) is -8.89. The Morgan fingerprint density at radius 3 is 1.53 bits per heavy atom. The second-order valence-electron chi connectivity index (χ2n) is 20.5. The Kier molecular flexibility index (Phi) is 20.4. The lowest BCUT2D eigenvalue weighted by Crippen LogP contribution is -2.57. The summed E-state index contributed by atoms with van der Waals surface area (Å²) in [6.45, 7) is 11.3. The average Bonchev–Trinajstić information content (AvgIpc) is 4.07. The van der Waals surface area contributed by atoms with Crippen molar-refractivity contribution in [1.29, 1.82) is 0 Å². The fourth-order valence-electron chi connectivity index (χ4n) is 7.86. The van der Waals surface area contributed by atoms with Crippen molar-refractivity contribution in [2.75, 3.05) is 50.6 Å². The van der Waals surface area contributed by atoms with Gasteiger partial charge in [-0.3, -0.25) is 4.90 Å². The minimum Gasteiger partial charge on any atom is -0.470 e. The number of hydrogen-bond donors (Lipinski definition) is 1. The first-order chi connectivity index (χ1) is 36.9. The normalized spacial score (nSPS) is 17.7. The van der Waals surface area contributed by atoms with E-state index in [1.807, 2.05) is 0 Å². The maximum atomic E-state index is 14.0. The van der Waals surface area contributed by atoms with Crippen molar-refractivity contribution in [2.45, 2.75) is 153 Å². The fourth-order valence-corrected chi connectivity index (χ4v) is 9.35. The highest BCUT2D eigenvalue weighted by Gasteiger charge is 2.42. The van der Waals surface area contributed by atoms with Gasteiger partial charge in [0, 0.05) is 72.3 Å². The lowest BCUT2D eigenvalue weighted by Gasteiger charge is -2.39. The van der Waals surface area contributed by atoms with E-state index in [1.54, 1.807) is 41.5 Å². The van der Waals surface area contributed by atoms with Gasteiger partial charge in [0.2, 0.25) is 23.6 Å². The van der Waals surface area contributed by atoms with Crippen LogP contribution < -0.4 is 19.7 Å². The number of alkyl halides is 8. The van der Waals surface area contributed by atoms with E-state index in [2.05, 4.69) is 56.3 Å². The van der Waals surface area contributed by atoms with Crippen molar-refractivity contribution in [3.05, 3.63) is 34.3 Å². The van der Waals surface area contributed by atoms with Gasteiger partial charge in [-0.05, 0) is 67.2 Å². The van der Waals surface area contributed by atoms with Crippen LogP contribution in [-0.4, -0.2) is 151 Å². The molecule has 0 atom stereocenters. The van der Waals surface area contributed by atoms with Gasteiger partial charge >= 0.3 is 23.7 Å². The molecule has 4 aromatic rings. The van der Waals surface area contributed by atoms with Crippen molar-refractivity contribution < 1.29 is 82.7 Å². The predicted octanol–water partition coefficient (Wildman–Crippen LogP) is 12.2. The highest BCUT2D eigenvalue weighted by molar-refractivity contribution is 7.13. The molecule has 4 aliphatic rings. The van der Waals surface area contributed by atoms with Crippen molar-refractivity contribution in [2.24, 2.45) is 0 Å². The van der Waals surface area contributed by atoms with Crippen LogP contribution in [0.1, 0.15) is 117 Å². The highest BCUT2D eigenvalue weighted by atomic mass is 35.5. The number of carbonyl (C=O) groups excluding carboxylic acids is 4. The number of likely N-dealkylation sites (tertiary alicyclic amines) is 2. The zero-order valence-electron chi connectivity index (χ0n) is 44.1. The average molecular weight is 1190 g/mol. The molecule has 6 heterocycles. The topological polar surface area (TPSA) is 223 Å². The largest absolute Gasteiger partial charge is 0.470 e. The Balaban J connectivity index is 0.000000242. The van der Waals surface area contributed by atoms with Gasteiger partial charge in [-0.2, -0.15) is 9.97 Å². The molecule has 0 aromatic carbocycles. The van der Waals surface area contributed by atoms with Crippen LogP contribution in [0.4, 0.5) is 65.9 Å². The molecule has 2 saturated carbocycles. The van der Waals surface area contributed by atoms with Gasteiger partial charge in [0.05, 0.1) is 40.4 Å². The van der Waals surface area contributed by atoms with E-state index in [9.17, 15) is 54.3 Å². The van der Waals surface area contributed by atoms with Crippen molar-refractivity contribution >= 4 is 69.6 Å². The SMILES string of the molecule is CC(C)(C)OC(=O)N1CC(Oc2cc(N(C(=O)OC(C)(C)C)C3CCC(F)(F)CC3)nc(-c3nc(C(F)F)cs3)n2)C1.COC(=O)Cl.COC(=O)N1CC(Oc2cc(NC3CCC(F)(F)CC3)nc(-c3nc(C(F)F)cs3)n2)C1. The third-order valence-corrected chi connectivity index (χ3v) is 13.6. The van der Waals surface area contributed by atoms with Gasteiger partial charge in [-0.25, -0.2) is 74.2 Å². The monoisotopic (exact) mass is 1190 g/mol. The van der Waals surface area contributed by atoms with E-state index < -0.39 is 90.3 Å². The number of hydrogen-bond acceptors (Lipinski definition) is 19. The van der Waals surface area contributed by atoms with E-state index in [1.165, 1.54) is 51.8 Å². The van der Waals surface area contributed by atoms with Crippen LogP contribution in [0.5, 0.6) is 11.8 Å². The van der Waals surface area contributed by atoms with Crippen LogP contribution in [0, 0.1) is 0 Å². The summed E-state index contributed by atoms with van der Waals surface area (Å²) in [5, 5.41) is 5.77. The smallest absolute Gasteiger partial charge is 0.416 e. The summed E-state index contributed by atoms with van der Waals surface area (Å²) in [5.74, 6) is -5.02. The molecule has 3 amide bonds. The van der Waals surface area contributed by atoms with Gasteiger partial charge in [0.1, 0.15) is 46.4 Å².